The van der Waals surface area contributed by atoms with Crippen molar-refractivity contribution in [3.8, 4) is 0 Å². The zero-order chi connectivity index (χ0) is 23.0. The molecule has 2 aromatic carbocycles. The Kier molecular flexibility index (Phi) is 8.18. The van der Waals surface area contributed by atoms with Gasteiger partial charge in [0, 0.05) is 31.4 Å². The minimum Gasteiger partial charge on any atom is -0.467 e. The molecule has 0 aromatic heterocycles. The fourth-order valence-electron chi connectivity index (χ4n) is 3.00. The molecule has 10 heteroatoms. The highest BCUT2D eigenvalue weighted by Crippen LogP contribution is 2.19. The molecule has 0 fully saturated rings. The molecule has 0 aliphatic rings. The van der Waals surface area contributed by atoms with Gasteiger partial charge in [-0.2, -0.15) is 0 Å². The molecular formula is C21H22FN3O6. The number of ether oxygens (including phenoxy) is 1. The van der Waals surface area contributed by atoms with Crippen LogP contribution in [0.1, 0.15) is 18.1 Å². The lowest BCUT2D eigenvalue weighted by molar-refractivity contribution is -0.385. The summed E-state index contributed by atoms with van der Waals surface area (Å²) in [5.74, 6) is -2.40. The number of nitrogens with one attached hydrogen (secondary N) is 2. The number of halogens is 1. The molecule has 0 spiro atoms. The molecule has 31 heavy (non-hydrogen) atoms. The van der Waals surface area contributed by atoms with Crippen LogP contribution in [0, 0.1) is 15.9 Å². The third-order valence-corrected chi connectivity index (χ3v) is 4.46. The predicted octanol–water partition coefficient (Wildman–Crippen LogP) is 1.68. The van der Waals surface area contributed by atoms with Crippen LogP contribution < -0.4 is 10.6 Å². The fourth-order valence-corrected chi connectivity index (χ4v) is 3.00. The van der Waals surface area contributed by atoms with Crippen LogP contribution in [0.2, 0.25) is 0 Å². The molecule has 0 bridgehead atoms. The van der Waals surface area contributed by atoms with E-state index in [1.54, 1.807) is 6.07 Å². The Labute approximate surface area is 177 Å². The maximum absolute atomic E-state index is 13.1. The van der Waals surface area contributed by atoms with Crippen molar-refractivity contribution >= 4 is 23.5 Å². The summed E-state index contributed by atoms with van der Waals surface area (Å²) in [7, 11) is 1.13. The molecule has 2 atom stereocenters. The summed E-state index contributed by atoms with van der Waals surface area (Å²) in [5, 5.41) is 16.2. The molecule has 2 N–H and O–H groups in total. The van der Waals surface area contributed by atoms with E-state index in [0.717, 1.165) is 7.11 Å². The summed E-state index contributed by atoms with van der Waals surface area (Å²) in [6.45, 7) is 1.23. The summed E-state index contributed by atoms with van der Waals surface area (Å²) < 4.78 is 17.9. The number of para-hydroxylation sites is 1. The first-order chi connectivity index (χ1) is 14.7. The Morgan fingerprint density at radius 1 is 1.03 bits per heavy atom. The van der Waals surface area contributed by atoms with E-state index in [4.69, 9.17) is 4.74 Å². The second-order valence-electron chi connectivity index (χ2n) is 6.76. The van der Waals surface area contributed by atoms with Gasteiger partial charge < -0.3 is 15.4 Å². The van der Waals surface area contributed by atoms with E-state index in [0.29, 0.717) is 5.56 Å². The quantitative estimate of drug-likeness (QED) is 0.353. The van der Waals surface area contributed by atoms with E-state index in [-0.39, 0.29) is 24.1 Å². The monoisotopic (exact) mass is 431 g/mol. The number of methoxy groups -OCH3 is 1. The number of benzene rings is 2. The number of hydrogen-bond acceptors (Lipinski definition) is 6. The molecule has 2 aromatic rings. The molecule has 0 aliphatic carbocycles. The first-order valence-corrected chi connectivity index (χ1v) is 9.33. The summed E-state index contributed by atoms with van der Waals surface area (Å²) >= 11 is 0. The van der Waals surface area contributed by atoms with Crippen molar-refractivity contribution in [2.24, 2.45) is 0 Å². The van der Waals surface area contributed by atoms with Gasteiger partial charge in [-0.15, -0.1) is 0 Å². The SMILES string of the molecule is COC(=O)[C@@H](Cc1ccccc1[N+](=O)[O-])NC(=O)[C@@H](Cc1ccc(F)cc1)NC(C)=O. The van der Waals surface area contributed by atoms with E-state index in [1.165, 1.54) is 49.4 Å². The zero-order valence-corrected chi connectivity index (χ0v) is 17.0. The van der Waals surface area contributed by atoms with Gasteiger partial charge in [0.2, 0.25) is 11.8 Å². The number of nitro groups is 1. The Morgan fingerprint density at radius 2 is 1.68 bits per heavy atom. The normalized spacial score (nSPS) is 12.4. The summed E-state index contributed by atoms with van der Waals surface area (Å²) in [6.07, 6.45) is -0.135. The highest BCUT2D eigenvalue weighted by Gasteiger charge is 2.29. The number of esters is 1. The highest BCUT2D eigenvalue weighted by molar-refractivity contribution is 5.90. The van der Waals surface area contributed by atoms with Crippen molar-refractivity contribution < 1.29 is 28.4 Å². The molecule has 0 aliphatic heterocycles. The predicted molar refractivity (Wildman–Crippen MR) is 108 cm³/mol. The molecule has 0 saturated heterocycles. The van der Waals surface area contributed by atoms with Crippen molar-refractivity contribution in [1.82, 2.24) is 10.6 Å². The van der Waals surface area contributed by atoms with Crippen molar-refractivity contribution in [3.63, 3.8) is 0 Å². The number of carbonyl (C=O) groups is 3. The van der Waals surface area contributed by atoms with E-state index in [9.17, 15) is 28.9 Å². The van der Waals surface area contributed by atoms with Crippen LogP contribution in [-0.4, -0.2) is 41.9 Å². The lowest BCUT2D eigenvalue weighted by Crippen LogP contribution is -2.53. The number of amides is 2. The van der Waals surface area contributed by atoms with E-state index in [2.05, 4.69) is 10.6 Å². The molecule has 0 saturated carbocycles. The molecule has 0 heterocycles. The van der Waals surface area contributed by atoms with Gasteiger partial charge in [-0.3, -0.25) is 19.7 Å². The van der Waals surface area contributed by atoms with Gasteiger partial charge >= 0.3 is 5.97 Å². The average Bonchev–Trinajstić information content (AvgIpc) is 2.73. The van der Waals surface area contributed by atoms with Crippen LogP contribution in [0.5, 0.6) is 0 Å². The first kappa shape index (κ1) is 23.5. The number of nitro benzene ring substituents is 1. The van der Waals surface area contributed by atoms with Gasteiger partial charge in [0.05, 0.1) is 12.0 Å². The Hall–Kier alpha value is -3.82. The Balaban J connectivity index is 2.23. The maximum Gasteiger partial charge on any atom is 0.328 e. The van der Waals surface area contributed by atoms with Crippen LogP contribution in [0.15, 0.2) is 48.5 Å². The van der Waals surface area contributed by atoms with Crippen LogP contribution in [0.25, 0.3) is 0 Å². The lowest BCUT2D eigenvalue weighted by Gasteiger charge is -2.22. The zero-order valence-electron chi connectivity index (χ0n) is 17.0. The molecular weight excluding hydrogens is 409 g/mol. The summed E-state index contributed by atoms with van der Waals surface area (Å²) in [6, 6.07) is 8.96. The first-order valence-electron chi connectivity index (χ1n) is 9.33. The van der Waals surface area contributed by atoms with Gasteiger partial charge in [0.1, 0.15) is 17.9 Å². The second-order valence-corrected chi connectivity index (χ2v) is 6.76. The highest BCUT2D eigenvalue weighted by atomic mass is 19.1. The number of hydrogen-bond donors (Lipinski definition) is 2. The van der Waals surface area contributed by atoms with Gasteiger partial charge in [-0.05, 0) is 17.7 Å². The maximum atomic E-state index is 13.1. The van der Waals surface area contributed by atoms with Crippen molar-refractivity contribution in [1.29, 1.82) is 0 Å². The third-order valence-electron chi connectivity index (χ3n) is 4.46. The standard InChI is InChI=1S/C21H22FN3O6/c1-13(26)23-17(11-14-7-9-16(22)10-8-14)20(27)24-18(21(28)31-2)12-15-5-3-4-6-19(15)25(29)30/h3-10,17-18H,11-12H2,1-2H3,(H,23,26)(H,24,27)/t17-,18-/m1/s1. The van der Waals surface area contributed by atoms with Crippen molar-refractivity contribution in [2.45, 2.75) is 31.8 Å². The molecule has 9 nitrogen and oxygen atoms in total. The van der Waals surface area contributed by atoms with E-state index >= 15 is 0 Å². The number of rotatable bonds is 9. The van der Waals surface area contributed by atoms with Crippen LogP contribution in [0.3, 0.4) is 0 Å². The minimum absolute atomic E-state index is 0.0467. The minimum atomic E-state index is -1.22. The second kappa shape index (κ2) is 10.8. The Bertz CT molecular complexity index is 964. The van der Waals surface area contributed by atoms with Gasteiger partial charge in [-0.1, -0.05) is 30.3 Å². The van der Waals surface area contributed by atoms with Gasteiger partial charge in [0.15, 0.2) is 0 Å². The van der Waals surface area contributed by atoms with Crippen molar-refractivity contribution in [3.05, 3.63) is 75.6 Å². The number of nitrogens with zero attached hydrogens (tertiary/aromatic N) is 1. The number of carbonyl (C=O) groups excluding carboxylic acids is 3. The lowest BCUT2D eigenvalue weighted by atomic mass is 10.0. The van der Waals surface area contributed by atoms with Gasteiger partial charge in [-0.25, -0.2) is 9.18 Å². The molecule has 0 radical (unpaired) electrons. The van der Waals surface area contributed by atoms with Crippen molar-refractivity contribution in [2.75, 3.05) is 7.11 Å². The third kappa shape index (κ3) is 6.88. The van der Waals surface area contributed by atoms with Crippen LogP contribution in [-0.2, 0) is 32.0 Å². The van der Waals surface area contributed by atoms with Gasteiger partial charge in [0.25, 0.3) is 5.69 Å². The van der Waals surface area contributed by atoms with Crippen LogP contribution in [0.4, 0.5) is 10.1 Å². The summed E-state index contributed by atoms with van der Waals surface area (Å²) in [4.78, 5) is 47.3. The topological polar surface area (TPSA) is 128 Å². The fraction of sp³-hybridized carbons (Fsp3) is 0.286. The molecule has 2 rings (SSSR count). The molecule has 2 amide bonds. The molecule has 0 unspecified atom stereocenters. The van der Waals surface area contributed by atoms with E-state index < -0.39 is 40.6 Å². The average molecular weight is 431 g/mol. The van der Waals surface area contributed by atoms with Crippen LogP contribution >= 0.6 is 0 Å². The Morgan fingerprint density at radius 3 is 2.26 bits per heavy atom. The molecule has 164 valence electrons. The summed E-state index contributed by atoms with van der Waals surface area (Å²) in [5.41, 5.74) is 0.622. The largest absolute Gasteiger partial charge is 0.467 e. The van der Waals surface area contributed by atoms with E-state index in [1.807, 2.05) is 0 Å². The smallest absolute Gasteiger partial charge is 0.328 e.